The fraction of sp³-hybridized carbons (Fsp3) is 0.333. The summed E-state index contributed by atoms with van der Waals surface area (Å²) in [6.07, 6.45) is 0. The number of aromatic nitrogens is 1. The number of carbonyl (C=O) groups excluding carboxylic acids is 1. The predicted octanol–water partition coefficient (Wildman–Crippen LogP) is 1.88. The van der Waals surface area contributed by atoms with E-state index in [1.807, 2.05) is 37.3 Å². The summed E-state index contributed by atoms with van der Waals surface area (Å²) in [6.45, 7) is 3.64. The first-order valence-corrected chi connectivity index (χ1v) is 6.56. The summed E-state index contributed by atoms with van der Waals surface area (Å²) in [5.41, 5.74) is 1.90. The quantitative estimate of drug-likeness (QED) is 0.815. The number of nitrogens with one attached hydrogen (secondary N) is 1. The number of aryl methyl sites for hydroxylation is 1. The number of hydrogen-bond acceptors (Lipinski definition) is 5. The van der Waals surface area contributed by atoms with Crippen LogP contribution in [-0.4, -0.2) is 35.3 Å². The average molecular weight is 274 g/mol. The Hall–Kier alpha value is -2.14. The lowest BCUT2D eigenvalue weighted by atomic mass is 10.1. The van der Waals surface area contributed by atoms with Crippen molar-refractivity contribution in [2.75, 3.05) is 18.5 Å². The van der Waals surface area contributed by atoms with E-state index >= 15 is 0 Å². The maximum absolute atomic E-state index is 11.7. The SMILES string of the molecule is CCOC(=O)[C@H](CO)Nc1cc(C)c2ccccc2n1. The number of para-hydroxylation sites is 1. The molecule has 0 saturated carbocycles. The highest BCUT2D eigenvalue weighted by atomic mass is 16.5. The van der Waals surface area contributed by atoms with Gasteiger partial charge in [-0.15, -0.1) is 0 Å². The largest absolute Gasteiger partial charge is 0.464 e. The third-order valence-electron chi connectivity index (χ3n) is 3.00. The maximum atomic E-state index is 11.7. The van der Waals surface area contributed by atoms with Crippen LogP contribution in [0.2, 0.25) is 0 Å². The topological polar surface area (TPSA) is 71.5 Å². The second-order valence-corrected chi connectivity index (χ2v) is 4.47. The fourth-order valence-corrected chi connectivity index (χ4v) is 2.02. The molecule has 1 atom stereocenters. The number of aliphatic hydroxyl groups is 1. The number of fused-ring (bicyclic) bond motifs is 1. The molecule has 5 heteroatoms. The van der Waals surface area contributed by atoms with E-state index in [0.29, 0.717) is 5.82 Å². The molecule has 0 fully saturated rings. The smallest absolute Gasteiger partial charge is 0.331 e. The standard InChI is InChI=1S/C15H18N2O3/c1-3-20-15(19)13(9-18)17-14-8-10(2)11-6-4-5-7-12(11)16-14/h4-8,13,18H,3,9H2,1-2H3,(H,16,17)/t13-/m0/s1. The molecular weight excluding hydrogens is 256 g/mol. The minimum atomic E-state index is -0.803. The van der Waals surface area contributed by atoms with Crippen LogP contribution in [0.4, 0.5) is 5.82 Å². The Balaban J connectivity index is 2.26. The Morgan fingerprint density at radius 2 is 2.20 bits per heavy atom. The molecule has 1 aromatic heterocycles. The number of pyridine rings is 1. The summed E-state index contributed by atoms with van der Waals surface area (Å²) in [4.78, 5) is 16.1. The van der Waals surface area contributed by atoms with Crippen molar-refractivity contribution in [3.63, 3.8) is 0 Å². The Morgan fingerprint density at radius 1 is 1.45 bits per heavy atom. The zero-order valence-electron chi connectivity index (χ0n) is 11.6. The van der Waals surface area contributed by atoms with E-state index in [0.717, 1.165) is 16.5 Å². The molecule has 0 unspecified atom stereocenters. The molecule has 2 aromatic rings. The van der Waals surface area contributed by atoms with Crippen molar-refractivity contribution in [3.8, 4) is 0 Å². The number of esters is 1. The summed E-state index contributed by atoms with van der Waals surface area (Å²) in [6, 6.07) is 8.82. The number of rotatable bonds is 5. The fourth-order valence-electron chi connectivity index (χ4n) is 2.02. The van der Waals surface area contributed by atoms with E-state index in [1.54, 1.807) is 6.92 Å². The van der Waals surface area contributed by atoms with Crippen molar-refractivity contribution < 1.29 is 14.6 Å². The molecule has 106 valence electrons. The van der Waals surface area contributed by atoms with Crippen molar-refractivity contribution in [2.45, 2.75) is 19.9 Å². The summed E-state index contributed by atoms with van der Waals surface area (Å²) in [5, 5.41) is 13.3. The van der Waals surface area contributed by atoms with Gasteiger partial charge in [-0.25, -0.2) is 9.78 Å². The van der Waals surface area contributed by atoms with Crippen LogP contribution < -0.4 is 5.32 Å². The van der Waals surface area contributed by atoms with Gasteiger partial charge in [-0.05, 0) is 31.5 Å². The van der Waals surface area contributed by atoms with Crippen LogP contribution >= 0.6 is 0 Å². The number of ether oxygens (including phenoxy) is 1. The van der Waals surface area contributed by atoms with Crippen molar-refractivity contribution in [2.24, 2.45) is 0 Å². The number of carbonyl (C=O) groups is 1. The highest BCUT2D eigenvalue weighted by Gasteiger charge is 2.19. The van der Waals surface area contributed by atoms with Crippen LogP contribution in [0.25, 0.3) is 10.9 Å². The van der Waals surface area contributed by atoms with E-state index in [4.69, 9.17) is 4.74 Å². The monoisotopic (exact) mass is 274 g/mol. The Morgan fingerprint density at radius 3 is 2.90 bits per heavy atom. The van der Waals surface area contributed by atoms with Crippen molar-refractivity contribution in [3.05, 3.63) is 35.9 Å². The summed E-state index contributed by atoms with van der Waals surface area (Å²) in [5.74, 6) is 0.0657. The van der Waals surface area contributed by atoms with Gasteiger partial charge in [0.25, 0.3) is 0 Å². The number of benzene rings is 1. The summed E-state index contributed by atoms with van der Waals surface area (Å²) >= 11 is 0. The van der Waals surface area contributed by atoms with Gasteiger partial charge in [-0.1, -0.05) is 18.2 Å². The second kappa shape index (κ2) is 6.34. The van der Waals surface area contributed by atoms with Gasteiger partial charge in [-0.2, -0.15) is 0 Å². The van der Waals surface area contributed by atoms with Crippen LogP contribution in [-0.2, 0) is 9.53 Å². The van der Waals surface area contributed by atoms with Crippen LogP contribution in [0.1, 0.15) is 12.5 Å². The van der Waals surface area contributed by atoms with Gasteiger partial charge in [0, 0.05) is 5.39 Å². The number of hydrogen-bond donors (Lipinski definition) is 2. The van der Waals surface area contributed by atoms with E-state index in [1.165, 1.54) is 0 Å². The first-order valence-electron chi connectivity index (χ1n) is 6.56. The van der Waals surface area contributed by atoms with Gasteiger partial charge >= 0.3 is 5.97 Å². The summed E-state index contributed by atoms with van der Waals surface area (Å²) in [7, 11) is 0. The molecule has 0 aliphatic heterocycles. The predicted molar refractivity (Wildman–Crippen MR) is 77.6 cm³/mol. The molecule has 2 rings (SSSR count). The molecule has 0 aliphatic rings. The van der Waals surface area contributed by atoms with Gasteiger partial charge in [0.2, 0.25) is 0 Å². The van der Waals surface area contributed by atoms with E-state index in [-0.39, 0.29) is 13.2 Å². The first-order chi connectivity index (χ1) is 9.65. The van der Waals surface area contributed by atoms with Gasteiger partial charge in [0.05, 0.1) is 18.7 Å². The Kier molecular flexibility index (Phi) is 4.53. The molecule has 0 radical (unpaired) electrons. The molecule has 2 N–H and O–H groups in total. The zero-order valence-corrected chi connectivity index (χ0v) is 11.6. The van der Waals surface area contributed by atoms with Crippen molar-refractivity contribution in [1.82, 2.24) is 4.98 Å². The normalized spacial score (nSPS) is 12.2. The zero-order chi connectivity index (χ0) is 14.5. The first kappa shape index (κ1) is 14.3. The third kappa shape index (κ3) is 3.05. The minimum absolute atomic E-state index is 0.279. The molecule has 20 heavy (non-hydrogen) atoms. The van der Waals surface area contributed by atoms with Crippen LogP contribution in [0, 0.1) is 6.92 Å². The molecule has 0 bridgehead atoms. The highest BCUT2D eigenvalue weighted by molar-refractivity contribution is 5.85. The lowest BCUT2D eigenvalue weighted by molar-refractivity contribution is -0.144. The Bertz CT molecular complexity index is 613. The van der Waals surface area contributed by atoms with Crippen LogP contribution in [0.15, 0.2) is 30.3 Å². The lowest BCUT2D eigenvalue weighted by Crippen LogP contribution is -2.35. The van der Waals surface area contributed by atoms with Crippen molar-refractivity contribution >= 4 is 22.7 Å². The maximum Gasteiger partial charge on any atom is 0.331 e. The number of anilines is 1. The second-order valence-electron chi connectivity index (χ2n) is 4.47. The summed E-state index contributed by atoms with van der Waals surface area (Å²) < 4.78 is 4.90. The van der Waals surface area contributed by atoms with E-state index in [2.05, 4.69) is 10.3 Å². The third-order valence-corrected chi connectivity index (χ3v) is 3.00. The molecule has 0 saturated heterocycles. The minimum Gasteiger partial charge on any atom is -0.464 e. The molecule has 1 aromatic carbocycles. The number of aliphatic hydroxyl groups excluding tert-OH is 1. The highest BCUT2D eigenvalue weighted by Crippen LogP contribution is 2.20. The van der Waals surface area contributed by atoms with Gasteiger partial charge in [-0.3, -0.25) is 0 Å². The average Bonchev–Trinajstić information content (AvgIpc) is 2.45. The molecule has 0 spiro atoms. The van der Waals surface area contributed by atoms with E-state index in [9.17, 15) is 9.90 Å². The van der Waals surface area contributed by atoms with Crippen molar-refractivity contribution in [1.29, 1.82) is 0 Å². The van der Waals surface area contributed by atoms with E-state index < -0.39 is 12.0 Å². The van der Waals surface area contributed by atoms with Gasteiger partial charge in [0.15, 0.2) is 0 Å². The molecule has 0 aliphatic carbocycles. The Labute approximate surface area is 117 Å². The lowest BCUT2D eigenvalue weighted by Gasteiger charge is -2.16. The van der Waals surface area contributed by atoms with Gasteiger partial charge < -0.3 is 15.2 Å². The molecule has 5 nitrogen and oxygen atoms in total. The van der Waals surface area contributed by atoms with Gasteiger partial charge in [0.1, 0.15) is 11.9 Å². The number of nitrogens with zero attached hydrogens (tertiary/aromatic N) is 1. The molecule has 1 heterocycles. The molecular formula is C15H18N2O3. The molecule has 0 amide bonds. The van der Waals surface area contributed by atoms with Crippen LogP contribution in [0.5, 0.6) is 0 Å². The van der Waals surface area contributed by atoms with Crippen LogP contribution in [0.3, 0.4) is 0 Å².